The van der Waals surface area contributed by atoms with Crippen molar-refractivity contribution in [3.05, 3.63) is 96.1 Å². The van der Waals surface area contributed by atoms with E-state index in [2.05, 4.69) is 23.5 Å². The van der Waals surface area contributed by atoms with Gasteiger partial charge in [0.25, 0.3) is 5.91 Å². The Kier molecular flexibility index (Phi) is 5.75. The predicted octanol–water partition coefficient (Wildman–Crippen LogP) is 4.60. The van der Waals surface area contributed by atoms with Crippen LogP contribution in [0.4, 0.5) is 0 Å². The molecule has 0 aliphatic heterocycles. The minimum Gasteiger partial charge on any atom is -0.368 e. The van der Waals surface area contributed by atoms with E-state index in [0.717, 1.165) is 34.4 Å². The van der Waals surface area contributed by atoms with Gasteiger partial charge in [-0.1, -0.05) is 78.9 Å². The molecular formula is C26H24N2O2. The van der Waals surface area contributed by atoms with E-state index in [0.29, 0.717) is 12.0 Å². The molecule has 0 saturated heterocycles. The number of hydrogen-bond donors (Lipinski definition) is 2. The summed E-state index contributed by atoms with van der Waals surface area (Å²) in [6, 6.07) is 27.0. The minimum absolute atomic E-state index is 0.272. The van der Waals surface area contributed by atoms with Crippen molar-refractivity contribution in [1.29, 1.82) is 0 Å². The lowest BCUT2D eigenvalue weighted by Crippen LogP contribution is -2.44. The largest absolute Gasteiger partial charge is 0.368 e. The molecule has 0 saturated carbocycles. The molecule has 0 aromatic heterocycles. The number of carbonyl (C=O) groups excluding carboxylic acids is 2. The standard InChI is InChI=1S/C26H24N2O2/c27-25(29)23(16-8-11-18-9-2-1-3-10-18)28-26(30)24-21-14-6-4-12-19(21)17-20-13-5-7-15-22(20)24/h1-7,9-10,12-15,17,23H,8,11,16H2,(H2,27,29)(H,28,30)/t23-/m1/s1. The molecule has 4 aromatic carbocycles. The number of rotatable bonds is 7. The Bertz CT molecular complexity index is 1150. The molecule has 30 heavy (non-hydrogen) atoms. The molecule has 4 nitrogen and oxygen atoms in total. The molecular weight excluding hydrogens is 372 g/mol. The quantitative estimate of drug-likeness (QED) is 0.448. The summed E-state index contributed by atoms with van der Waals surface area (Å²) in [6.07, 6.45) is 2.09. The number of hydrogen-bond acceptors (Lipinski definition) is 2. The van der Waals surface area contributed by atoms with Crippen LogP contribution in [0.15, 0.2) is 84.9 Å². The number of carbonyl (C=O) groups is 2. The van der Waals surface area contributed by atoms with Crippen LogP contribution in [0.5, 0.6) is 0 Å². The van der Waals surface area contributed by atoms with Gasteiger partial charge >= 0.3 is 0 Å². The zero-order chi connectivity index (χ0) is 20.9. The zero-order valence-corrected chi connectivity index (χ0v) is 16.7. The number of primary amides is 1. The summed E-state index contributed by atoms with van der Waals surface area (Å²) in [7, 11) is 0. The number of benzene rings is 4. The molecule has 3 N–H and O–H groups in total. The third-order valence-corrected chi connectivity index (χ3v) is 5.45. The van der Waals surface area contributed by atoms with Crippen molar-refractivity contribution in [2.24, 2.45) is 5.73 Å². The molecule has 0 aliphatic carbocycles. The van der Waals surface area contributed by atoms with E-state index < -0.39 is 11.9 Å². The summed E-state index contributed by atoms with van der Waals surface area (Å²) in [5.74, 6) is -0.785. The highest BCUT2D eigenvalue weighted by Crippen LogP contribution is 2.28. The third-order valence-electron chi connectivity index (χ3n) is 5.45. The van der Waals surface area contributed by atoms with E-state index in [1.165, 1.54) is 5.56 Å². The minimum atomic E-state index is -0.709. The highest BCUT2D eigenvalue weighted by Gasteiger charge is 2.21. The maximum Gasteiger partial charge on any atom is 0.253 e. The Morgan fingerprint density at radius 3 is 1.97 bits per heavy atom. The van der Waals surface area contributed by atoms with E-state index >= 15 is 0 Å². The van der Waals surface area contributed by atoms with E-state index in [9.17, 15) is 9.59 Å². The van der Waals surface area contributed by atoms with Gasteiger partial charge in [-0.05, 0) is 52.4 Å². The average molecular weight is 396 g/mol. The van der Waals surface area contributed by atoms with Gasteiger partial charge in [0.15, 0.2) is 0 Å². The fourth-order valence-electron chi connectivity index (χ4n) is 3.93. The van der Waals surface area contributed by atoms with Crippen LogP contribution in [0.1, 0.15) is 28.8 Å². The highest BCUT2D eigenvalue weighted by atomic mass is 16.2. The van der Waals surface area contributed by atoms with Gasteiger partial charge in [-0.25, -0.2) is 0 Å². The first-order chi connectivity index (χ1) is 14.6. The second-order valence-corrected chi connectivity index (χ2v) is 7.50. The fraction of sp³-hybridized carbons (Fsp3) is 0.154. The molecule has 0 fully saturated rings. The van der Waals surface area contributed by atoms with E-state index in [4.69, 9.17) is 5.73 Å². The molecule has 4 heteroatoms. The Hall–Kier alpha value is -3.66. The monoisotopic (exact) mass is 396 g/mol. The molecule has 4 aromatic rings. The van der Waals surface area contributed by atoms with Gasteiger partial charge in [0.2, 0.25) is 5.91 Å². The molecule has 0 bridgehead atoms. The van der Waals surface area contributed by atoms with Gasteiger partial charge in [-0.2, -0.15) is 0 Å². The molecule has 1 atom stereocenters. The summed E-state index contributed by atoms with van der Waals surface area (Å²) < 4.78 is 0. The summed E-state index contributed by atoms with van der Waals surface area (Å²) in [5.41, 5.74) is 7.40. The van der Waals surface area contributed by atoms with Crippen molar-refractivity contribution in [1.82, 2.24) is 5.32 Å². The Morgan fingerprint density at radius 2 is 1.37 bits per heavy atom. The number of aryl methyl sites for hydroxylation is 1. The van der Waals surface area contributed by atoms with Gasteiger partial charge in [0.1, 0.15) is 6.04 Å². The van der Waals surface area contributed by atoms with Crippen LogP contribution >= 0.6 is 0 Å². The SMILES string of the molecule is NC(=O)[C@@H](CCCc1ccccc1)NC(=O)c1c2ccccc2cc2ccccc12. The first-order valence-corrected chi connectivity index (χ1v) is 10.2. The number of amides is 2. The summed E-state index contributed by atoms with van der Waals surface area (Å²) in [5, 5.41) is 6.59. The first-order valence-electron chi connectivity index (χ1n) is 10.2. The van der Waals surface area contributed by atoms with Crippen LogP contribution in [0.2, 0.25) is 0 Å². The normalized spacial score (nSPS) is 12.0. The highest BCUT2D eigenvalue weighted by molar-refractivity contribution is 6.18. The van der Waals surface area contributed by atoms with E-state index in [-0.39, 0.29) is 5.91 Å². The average Bonchev–Trinajstić information content (AvgIpc) is 2.77. The molecule has 150 valence electrons. The van der Waals surface area contributed by atoms with Gasteiger partial charge in [0, 0.05) is 0 Å². The van der Waals surface area contributed by atoms with Crippen molar-refractivity contribution < 1.29 is 9.59 Å². The summed E-state index contributed by atoms with van der Waals surface area (Å²) in [6.45, 7) is 0. The van der Waals surface area contributed by atoms with Crippen molar-refractivity contribution >= 4 is 33.4 Å². The smallest absolute Gasteiger partial charge is 0.253 e. The van der Waals surface area contributed by atoms with Crippen LogP contribution in [-0.2, 0) is 11.2 Å². The number of nitrogens with one attached hydrogen (secondary N) is 1. The van der Waals surface area contributed by atoms with E-state index in [1.807, 2.05) is 66.7 Å². The molecule has 0 aliphatic rings. The Labute approximate surface area is 175 Å². The molecule has 0 heterocycles. The van der Waals surface area contributed by atoms with Crippen LogP contribution < -0.4 is 11.1 Å². The lowest BCUT2D eigenvalue weighted by molar-refractivity contribution is -0.120. The second-order valence-electron chi connectivity index (χ2n) is 7.50. The van der Waals surface area contributed by atoms with Crippen molar-refractivity contribution in [2.45, 2.75) is 25.3 Å². The van der Waals surface area contributed by atoms with Crippen molar-refractivity contribution in [2.75, 3.05) is 0 Å². The zero-order valence-electron chi connectivity index (χ0n) is 16.7. The predicted molar refractivity (Wildman–Crippen MR) is 121 cm³/mol. The molecule has 0 unspecified atom stereocenters. The first kappa shape index (κ1) is 19.6. The van der Waals surface area contributed by atoms with Gasteiger partial charge < -0.3 is 11.1 Å². The van der Waals surface area contributed by atoms with Gasteiger partial charge in [-0.3, -0.25) is 9.59 Å². The van der Waals surface area contributed by atoms with Gasteiger partial charge in [-0.15, -0.1) is 0 Å². The van der Waals surface area contributed by atoms with E-state index in [1.54, 1.807) is 0 Å². The van der Waals surface area contributed by atoms with Crippen LogP contribution in [0.3, 0.4) is 0 Å². The molecule has 0 radical (unpaired) electrons. The molecule has 0 spiro atoms. The van der Waals surface area contributed by atoms with Crippen molar-refractivity contribution in [3.8, 4) is 0 Å². The molecule has 2 amide bonds. The van der Waals surface area contributed by atoms with Crippen LogP contribution in [0.25, 0.3) is 21.5 Å². The third kappa shape index (κ3) is 4.18. The maximum absolute atomic E-state index is 13.3. The number of nitrogens with two attached hydrogens (primary N) is 1. The topological polar surface area (TPSA) is 72.2 Å². The fourth-order valence-corrected chi connectivity index (χ4v) is 3.93. The lowest BCUT2D eigenvalue weighted by Gasteiger charge is -2.18. The summed E-state index contributed by atoms with van der Waals surface area (Å²) >= 11 is 0. The Morgan fingerprint density at radius 1 is 0.800 bits per heavy atom. The number of fused-ring (bicyclic) bond motifs is 2. The van der Waals surface area contributed by atoms with Crippen LogP contribution in [0, 0.1) is 0 Å². The Balaban J connectivity index is 1.59. The second kappa shape index (κ2) is 8.78. The van der Waals surface area contributed by atoms with Crippen molar-refractivity contribution in [3.63, 3.8) is 0 Å². The van der Waals surface area contributed by atoms with Gasteiger partial charge in [0.05, 0.1) is 5.56 Å². The summed E-state index contributed by atoms with van der Waals surface area (Å²) in [4.78, 5) is 25.3. The molecule has 4 rings (SSSR count). The van der Waals surface area contributed by atoms with Crippen LogP contribution in [-0.4, -0.2) is 17.9 Å². The lowest BCUT2D eigenvalue weighted by atomic mass is 9.95. The maximum atomic E-state index is 13.3.